The maximum absolute atomic E-state index is 13.5. The predicted octanol–water partition coefficient (Wildman–Crippen LogP) is 4.50. The second kappa shape index (κ2) is 9.23. The number of nitrogens with zero attached hydrogens (tertiary/aromatic N) is 1. The van der Waals surface area contributed by atoms with Crippen LogP contribution in [0.5, 0.6) is 0 Å². The molecule has 1 heterocycles. The van der Waals surface area contributed by atoms with E-state index < -0.39 is 0 Å². The quantitative estimate of drug-likeness (QED) is 0.817. The first-order valence-electron chi connectivity index (χ1n) is 10.1. The number of likely N-dealkylation sites (tertiary alicyclic amines) is 1. The Bertz CT molecular complexity index is 570. The first-order valence-corrected chi connectivity index (χ1v) is 10.1. The Morgan fingerprint density at radius 2 is 1.73 bits per heavy atom. The molecule has 0 atom stereocenters. The molecule has 4 heteroatoms. The molecule has 26 heavy (non-hydrogen) atoms. The lowest BCUT2D eigenvalue weighted by Crippen LogP contribution is -2.49. The second-order valence-electron chi connectivity index (χ2n) is 8.36. The van der Waals surface area contributed by atoms with Gasteiger partial charge in [-0.25, -0.2) is 0 Å². The fraction of sp³-hybridized carbons (Fsp3) is 0.682. The van der Waals surface area contributed by atoms with E-state index >= 15 is 0 Å². The van der Waals surface area contributed by atoms with Crippen LogP contribution in [-0.4, -0.2) is 37.5 Å². The number of hydrogen-bond acceptors (Lipinski definition) is 2. The molecule has 1 aliphatic carbocycles. The Balaban J connectivity index is 0.00000243. The monoisotopic (exact) mass is 378 g/mol. The number of benzene rings is 1. The number of amides is 1. The van der Waals surface area contributed by atoms with E-state index in [-0.39, 0.29) is 17.8 Å². The van der Waals surface area contributed by atoms with E-state index in [0.717, 1.165) is 51.2 Å². The van der Waals surface area contributed by atoms with Crippen molar-refractivity contribution < 1.29 is 4.79 Å². The number of rotatable bonds is 5. The van der Waals surface area contributed by atoms with E-state index in [4.69, 9.17) is 0 Å². The SMILES string of the molecule is CNCC1CCN(C(=O)C2(c3ccc(C(C)C)cc3)CCCC2)CC1.Cl. The minimum atomic E-state index is -0.259. The van der Waals surface area contributed by atoms with Crippen LogP contribution in [0.3, 0.4) is 0 Å². The van der Waals surface area contributed by atoms with Gasteiger partial charge < -0.3 is 10.2 Å². The standard InChI is InChI=1S/C22H34N2O.ClH/c1-17(2)19-6-8-20(9-7-19)22(12-4-5-13-22)21(25)24-14-10-18(11-15-24)16-23-3;/h6-9,17-18,23H,4-5,10-16H2,1-3H3;1H. The molecule has 3 rings (SSSR count). The minimum absolute atomic E-state index is 0. The number of nitrogens with one attached hydrogen (secondary N) is 1. The molecule has 0 spiro atoms. The summed E-state index contributed by atoms with van der Waals surface area (Å²) in [6, 6.07) is 8.91. The summed E-state index contributed by atoms with van der Waals surface area (Å²) in [5.74, 6) is 1.65. The molecule has 2 fully saturated rings. The Morgan fingerprint density at radius 1 is 1.15 bits per heavy atom. The third-order valence-corrected chi connectivity index (χ3v) is 6.39. The molecule has 1 aromatic rings. The molecule has 1 saturated carbocycles. The van der Waals surface area contributed by atoms with Crippen molar-refractivity contribution in [1.29, 1.82) is 0 Å². The van der Waals surface area contributed by atoms with Crippen molar-refractivity contribution in [2.75, 3.05) is 26.7 Å². The Labute approximate surface area is 165 Å². The smallest absolute Gasteiger partial charge is 0.233 e. The van der Waals surface area contributed by atoms with Crippen LogP contribution in [0.4, 0.5) is 0 Å². The fourth-order valence-electron chi connectivity index (χ4n) is 4.72. The molecule has 3 nitrogen and oxygen atoms in total. The molecule has 1 aromatic carbocycles. The molecule has 0 aromatic heterocycles. The number of hydrogen-bond donors (Lipinski definition) is 1. The van der Waals surface area contributed by atoms with Gasteiger partial charge in [0.25, 0.3) is 0 Å². The van der Waals surface area contributed by atoms with Gasteiger partial charge >= 0.3 is 0 Å². The van der Waals surface area contributed by atoms with E-state index in [1.165, 1.54) is 24.0 Å². The van der Waals surface area contributed by atoms with Crippen molar-refractivity contribution in [2.24, 2.45) is 5.92 Å². The zero-order chi connectivity index (χ0) is 17.9. The van der Waals surface area contributed by atoms with E-state index in [0.29, 0.717) is 11.8 Å². The maximum atomic E-state index is 13.5. The third-order valence-electron chi connectivity index (χ3n) is 6.39. The lowest BCUT2D eigenvalue weighted by Gasteiger charge is -2.39. The zero-order valence-electron chi connectivity index (χ0n) is 16.6. The van der Waals surface area contributed by atoms with Crippen LogP contribution in [0.25, 0.3) is 0 Å². The topological polar surface area (TPSA) is 32.3 Å². The van der Waals surface area contributed by atoms with Gasteiger partial charge in [0.15, 0.2) is 0 Å². The highest BCUT2D eigenvalue weighted by molar-refractivity contribution is 5.88. The van der Waals surface area contributed by atoms with E-state index in [1.54, 1.807) is 0 Å². The number of carbonyl (C=O) groups is 1. The third kappa shape index (κ3) is 4.26. The summed E-state index contributed by atoms with van der Waals surface area (Å²) in [5.41, 5.74) is 2.35. The largest absolute Gasteiger partial charge is 0.342 e. The molecule has 146 valence electrons. The average molecular weight is 379 g/mol. The van der Waals surface area contributed by atoms with E-state index in [9.17, 15) is 4.79 Å². The molecule has 1 amide bonds. The average Bonchev–Trinajstić information content (AvgIpc) is 3.13. The summed E-state index contributed by atoms with van der Waals surface area (Å²) in [6.45, 7) is 7.37. The first-order chi connectivity index (χ1) is 12.1. The van der Waals surface area contributed by atoms with Gasteiger partial charge in [-0.15, -0.1) is 12.4 Å². The molecular weight excluding hydrogens is 344 g/mol. The van der Waals surface area contributed by atoms with Gasteiger partial charge in [-0.3, -0.25) is 4.79 Å². The van der Waals surface area contributed by atoms with Gasteiger partial charge in [0, 0.05) is 13.1 Å². The van der Waals surface area contributed by atoms with Crippen LogP contribution >= 0.6 is 12.4 Å². The summed E-state index contributed by atoms with van der Waals surface area (Å²) in [7, 11) is 2.02. The van der Waals surface area contributed by atoms with Gasteiger partial charge in [0.2, 0.25) is 5.91 Å². The number of halogens is 1. The number of carbonyl (C=O) groups excluding carboxylic acids is 1. The van der Waals surface area contributed by atoms with Gasteiger partial charge in [-0.05, 0) is 62.2 Å². The fourth-order valence-corrected chi connectivity index (χ4v) is 4.72. The summed E-state index contributed by atoms with van der Waals surface area (Å²) in [6.07, 6.45) is 6.65. The first kappa shape index (κ1) is 21.2. The van der Waals surface area contributed by atoms with Crippen molar-refractivity contribution in [1.82, 2.24) is 10.2 Å². The van der Waals surface area contributed by atoms with Crippen LogP contribution in [-0.2, 0) is 10.2 Å². The van der Waals surface area contributed by atoms with Gasteiger partial charge in [-0.1, -0.05) is 51.0 Å². The van der Waals surface area contributed by atoms with Crippen LogP contribution in [0.15, 0.2) is 24.3 Å². The van der Waals surface area contributed by atoms with Crippen LogP contribution in [0.1, 0.15) is 69.4 Å². The zero-order valence-corrected chi connectivity index (χ0v) is 17.4. The normalized spacial score (nSPS) is 20.2. The van der Waals surface area contributed by atoms with Gasteiger partial charge in [0.05, 0.1) is 5.41 Å². The molecule has 0 bridgehead atoms. The Kier molecular flexibility index (Phi) is 7.54. The summed E-state index contributed by atoms with van der Waals surface area (Å²) in [5, 5.41) is 3.28. The molecule has 0 radical (unpaired) electrons. The Morgan fingerprint density at radius 3 is 2.23 bits per heavy atom. The summed E-state index contributed by atoms with van der Waals surface area (Å²) < 4.78 is 0. The van der Waals surface area contributed by atoms with E-state index in [1.807, 2.05) is 7.05 Å². The summed E-state index contributed by atoms with van der Waals surface area (Å²) >= 11 is 0. The Hall–Kier alpha value is -1.06. The molecule has 1 saturated heterocycles. The maximum Gasteiger partial charge on any atom is 0.233 e. The van der Waals surface area contributed by atoms with Crippen LogP contribution < -0.4 is 5.32 Å². The van der Waals surface area contributed by atoms with Crippen LogP contribution in [0.2, 0.25) is 0 Å². The lowest BCUT2D eigenvalue weighted by molar-refractivity contribution is -0.138. The molecular formula is C22H35ClN2O. The van der Waals surface area contributed by atoms with Gasteiger partial charge in [0.1, 0.15) is 0 Å². The predicted molar refractivity (Wildman–Crippen MR) is 111 cm³/mol. The van der Waals surface area contributed by atoms with Crippen molar-refractivity contribution in [3.63, 3.8) is 0 Å². The molecule has 1 aliphatic heterocycles. The van der Waals surface area contributed by atoms with Crippen molar-refractivity contribution in [2.45, 2.75) is 63.7 Å². The lowest BCUT2D eigenvalue weighted by atomic mass is 9.76. The highest BCUT2D eigenvalue weighted by Crippen LogP contribution is 2.43. The van der Waals surface area contributed by atoms with Crippen molar-refractivity contribution in [3.05, 3.63) is 35.4 Å². The second-order valence-corrected chi connectivity index (χ2v) is 8.36. The minimum Gasteiger partial charge on any atom is -0.342 e. The van der Waals surface area contributed by atoms with Gasteiger partial charge in [-0.2, -0.15) is 0 Å². The summed E-state index contributed by atoms with van der Waals surface area (Å²) in [4.78, 5) is 15.7. The molecule has 2 aliphatic rings. The van der Waals surface area contributed by atoms with Crippen LogP contribution in [0, 0.1) is 5.92 Å². The number of piperidine rings is 1. The van der Waals surface area contributed by atoms with E-state index in [2.05, 4.69) is 48.3 Å². The molecule has 1 N–H and O–H groups in total. The highest BCUT2D eigenvalue weighted by Gasteiger charge is 2.45. The molecule has 0 unspecified atom stereocenters. The van der Waals surface area contributed by atoms with Crippen molar-refractivity contribution in [3.8, 4) is 0 Å². The van der Waals surface area contributed by atoms with Crippen molar-refractivity contribution >= 4 is 18.3 Å². The highest BCUT2D eigenvalue weighted by atomic mass is 35.5.